The molecule has 2 nitrogen and oxygen atoms in total. The Hall–Kier alpha value is -1.80. The lowest BCUT2D eigenvalue weighted by Crippen LogP contribution is -2.01. The van der Waals surface area contributed by atoms with Gasteiger partial charge in [-0.25, -0.2) is 0 Å². The molecule has 0 saturated carbocycles. The van der Waals surface area contributed by atoms with Crippen LogP contribution in [0.25, 0.3) is 11.1 Å². The average Bonchev–Trinajstić information content (AvgIpc) is 2.57. The second kappa shape index (κ2) is 4.46. The van der Waals surface area contributed by atoms with E-state index in [-0.39, 0.29) is 0 Å². The maximum atomic E-state index is 9.17. The summed E-state index contributed by atoms with van der Waals surface area (Å²) in [7, 11) is 0. The van der Waals surface area contributed by atoms with E-state index < -0.39 is 0 Å². The smallest absolute Gasteiger partial charge is 0.0877 e. The Bertz CT molecular complexity index is 634. The summed E-state index contributed by atoms with van der Waals surface area (Å²) >= 11 is 6.27. The van der Waals surface area contributed by atoms with Gasteiger partial charge in [0, 0.05) is 10.6 Å². The molecule has 0 bridgehead atoms. The van der Waals surface area contributed by atoms with Crippen molar-refractivity contribution in [2.45, 2.75) is 12.8 Å². The van der Waals surface area contributed by atoms with Gasteiger partial charge in [0.2, 0.25) is 0 Å². The summed E-state index contributed by atoms with van der Waals surface area (Å²) in [6, 6.07) is 13.9. The van der Waals surface area contributed by atoms with E-state index in [1.165, 1.54) is 0 Å². The first-order chi connectivity index (χ1) is 8.81. The van der Waals surface area contributed by atoms with Crippen LogP contribution in [0.2, 0.25) is 5.02 Å². The van der Waals surface area contributed by atoms with E-state index in [4.69, 9.17) is 16.8 Å². The van der Waals surface area contributed by atoms with Crippen LogP contribution in [0.15, 0.2) is 47.6 Å². The first-order valence-corrected chi connectivity index (χ1v) is 6.27. The molecule has 90 valence electrons. The van der Waals surface area contributed by atoms with Crippen LogP contribution in [-0.2, 0) is 6.42 Å². The minimum Gasteiger partial charge on any atom is -0.411 e. The van der Waals surface area contributed by atoms with E-state index in [0.717, 1.165) is 39.4 Å². The van der Waals surface area contributed by atoms with Crippen molar-refractivity contribution >= 4 is 17.3 Å². The van der Waals surface area contributed by atoms with E-state index in [1.54, 1.807) is 0 Å². The highest BCUT2D eigenvalue weighted by Crippen LogP contribution is 2.35. The van der Waals surface area contributed by atoms with Gasteiger partial charge >= 0.3 is 0 Å². The average molecular weight is 258 g/mol. The van der Waals surface area contributed by atoms with Gasteiger partial charge in [-0.2, -0.15) is 0 Å². The van der Waals surface area contributed by atoms with Crippen molar-refractivity contribution in [3.63, 3.8) is 0 Å². The number of nitrogens with zero attached hydrogens (tertiary/aromatic N) is 1. The predicted molar refractivity (Wildman–Crippen MR) is 73.5 cm³/mol. The lowest BCUT2D eigenvalue weighted by molar-refractivity contribution is 0.318. The van der Waals surface area contributed by atoms with Crippen molar-refractivity contribution in [2.24, 2.45) is 5.16 Å². The summed E-state index contributed by atoms with van der Waals surface area (Å²) in [6.07, 6.45) is 1.49. The van der Waals surface area contributed by atoms with Gasteiger partial charge in [-0.15, -0.1) is 0 Å². The Morgan fingerprint density at radius 2 is 1.61 bits per heavy atom. The van der Waals surface area contributed by atoms with Gasteiger partial charge in [-0.1, -0.05) is 53.2 Å². The van der Waals surface area contributed by atoms with Crippen molar-refractivity contribution in [3.8, 4) is 11.1 Å². The third-order valence-electron chi connectivity index (χ3n) is 3.38. The highest BCUT2D eigenvalue weighted by atomic mass is 35.5. The summed E-state index contributed by atoms with van der Waals surface area (Å²) < 4.78 is 0. The molecule has 2 aromatic carbocycles. The van der Waals surface area contributed by atoms with E-state index in [0.29, 0.717) is 6.42 Å². The molecule has 0 saturated heterocycles. The molecule has 18 heavy (non-hydrogen) atoms. The standard InChI is InChI=1S/C15H12ClNO/c16-14-7-3-6-10-11-4-1-2-5-13(11)15(17-18)9-8-12(10)14/h1-7,18H,8-9H2/b17-15-. The fourth-order valence-corrected chi connectivity index (χ4v) is 2.79. The molecular weight excluding hydrogens is 246 g/mol. The van der Waals surface area contributed by atoms with Crippen LogP contribution in [0, 0.1) is 0 Å². The van der Waals surface area contributed by atoms with Crippen LogP contribution in [0.4, 0.5) is 0 Å². The summed E-state index contributed by atoms with van der Waals surface area (Å²) in [5, 5.41) is 13.4. The van der Waals surface area contributed by atoms with Crippen LogP contribution in [0.3, 0.4) is 0 Å². The third-order valence-corrected chi connectivity index (χ3v) is 3.73. The number of benzene rings is 2. The van der Waals surface area contributed by atoms with Gasteiger partial charge in [0.25, 0.3) is 0 Å². The van der Waals surface area contributed by atoms with Crippen molar-refractivity contribution in [2.75, 3.05) is 0 Å². The second-order valence-corrected chi connectivity index (χ2v) is 4.77. The summed E-state index contributed by atoms with van der Waals surface area (Å²) in [4.78, 5) is 0. The maximum absolute atomic E-state index is 9.17. The van der Waals surface area contributed by atoms with Crippen LogP contribution < -0.4 is 0 Å². The molecule has 1 aliphatic rings. The lowest BCUT2D eigenvalue weighted by Gasteiger charge is -2.09. The molecule has 0 radical (unpaired) electrons. The molecule has 2 aromatic rings. The summed E-state index contributed by atoms with van der Waals surface area (Å²) in [5.41, 5.74) is 5.06. The predicted octanol–water partition coefficient (Wildman–Crippen LogP) is 4.13. The van der Waals surface area contributed by atoms with Crippen molar-refractivity contribution in [1.82, 2.24) is 0 Å². The van der Waals surface area contributed by atoms with Gasteiger partial charge in [-0.05, 0) is 35.6 Å². The van der Waals surface area contributed by atoms with E-state index in [9.17, 15) is 0 Å². The molecule has 0 spiro atoms. The lowest BCUT2D eigenvalue weighted by atomic mass is 9.96. The number of halogens is 1. The van der Waals surface area contributed by atoms with Gasteiger partial charge in [-0.3, -0.25) is 0 Å². The highest BCUT2D eigenvalue weighted by molar-refractivity contribution is 6.32. The molecule has 0 heterocycles. The normalized spacial score (nSPS) is 15.9. The first kappa shape index (κ1) is 11.3. The van der Waals surface area contributed by atoms with Crippen LogP contribution in [-0.4, -0.2) is 10.9 Å². The fourth-order valence-electron chi connectivity index (χ4n) is 2.52. The monoisotopic (exact) mass is 257 g/mol. The number of hydrogen-bond acceptors (Lipinski definition) is 2. The molecule has 3 rings (SSSR count). The van der Waals surface area contributed by atoms with Crippen molar-refractivity contribution in [3.05, 3.63) is 58.6 Å². The first-order valence-electron chi connectivity index (χ1n) is 5.89. The minimum atomic E-state index is 0.699. The van der Waals surface area contributed by atoms with E-state index in [2.05, 4.69) is 11.2 Å². The van der Waals surface area contributed by atoms with E-state index >= 15 is 0 Å². The number of fused-ring (bicyclic) bond motifs is 3. The number of hydrogen-bond donors (Lipinski definition) is 1. The Balaban J connectivity index is 2.33. The van der Waals surface area contributed by atoms with Crippen molar-refractivity contribution < 1.29 is 5.21 Å². The maximum Gasteiger partial charge on any atom is 0.0877 e. The van der Waals surface area contributed by atoms with Gasteiger partial charge in [0.15, 0.2) is 0 Å². The van der Waals surface area contributed by atoms with Crippen LogP contribution >= 0.6 is 11.6 Å². The van der Waals surface area contributed by atoms with E-state index in [1.807, 2.05) is 36.4 Å². The third kappa shape index (κ3) is 1.70. The largest absolute Gasteiger partial charge is 0.411 e. The second-order valence-electron chi connectivity index (χ2n) is 4.36. The molecule has 3 heteroatoms. The Labute approximate surface area is 111 Å². The van der Waals surface area contributed by atoms with Gasteiger partial charge < -0.3 is 5.21 Å². The highest BCUT2D eigenvalue weighted by Gasteiger charge is 2.20. The van der Waals surface area contributed by atoms with Crippen molar-refractivity contribution in [1.29, 1.82) is 0 Å². The van der Waals surface area contributed by atoms with Crippen LogP contribution in [0.5, 0.6) is 0 Å². The molecular formula is C15H12ClNO. The minimum absolute atomic E-state index is 0.699. The molecule has 0 amide bonds. The van der Waals surface area contributed by atoms with Crippen LogP contribution in [0.1, 0.15) is 17.5 Å². The molecule has 0 atom stereocenters. The SMILES string of the molecule is O/N=C1/CCc2c(Cl)cccc2-c2ccccc21. The topological polar surface area (TPSA) is 32.6 Å². The Morgan fingerprint density at radius 3 is 2.39 bits per heavy atom. The quantitative estimate of drug-likeness (QED) is 0.559. The molecule has 1 aliphatic carbocycles. The fraction of sp³-hybridized carbons (Fsp3) is 0.133. The molecule has 0 unspecified atom stereocenters. The summed E-state index contributed by atoms with van der Waals surface area (Å²) in [6.45, 7) is 0. The zero-order valence-corrected chi connectivity index (χ0v) is 10.5. The molecule has 0 aliphatic heterocycles. The van der Waals surface area contributed by atoms with Gasteiger partial charge in [0.05, 0.1) is 5.71 Å². The Morgan fingerprint density at radius 1 is 0.889 bits per heavy atom. The molecule has 0 fully saturated rings. The summed E-state index contributed by atoms with van der Waals surface area (Å²) in [5.74, 6) is 0. The molecule has 0 aromatic heterocycles. The molecule has 1 N–H and O–H groups in total. The van der Waals surface area contributed by atoms with Gasteiger partial charge in [0.1, 0.15) is 0 Å². The zero-order valence-electron chi connectivity index (χ0n) is 9.73. The Kier molecular flexibility index (Phi) is 2.80. The number of oxime groups is 1. The number of rotatable bonds is 0. The zero-order chi connectivity index (χ0) is 12.5.